The number of halogens is 2. The Morgan fingerprint density at radius 3 is 2.59 bits per heavy atom. The first-order chi connectivity index (χ1) is 19.7. The Bertz CT molecular complexity index is 1510. The summed E-state index contributed by atoms with van der Waals surface area (Å²) in [7, 11) is 0. The molecule has 0 bridgehead atoms. The highest BCUT2D eigenvalue weighted by Gasteiger charge is 2.26. The van der Waals surface area contributed by atoms with Crippen molar-refractivity contribution in [1.82, 2.24) is 20.9 Å². The molecule has 0 aliphatic carbocycles. The number of para-hydroxylation sites is 1. The number of aliphatic imine (C=N–C) groups is 1. The number of fused-ring (bicyclic) bond motifs is 1. The second-order valence-electron chi connectivity index (χ2n) is 9.46. The van der Waals surface area contributed by atoms with Gasteiger partial charge in [-0.2, -0.15) is 5.26 Å². The molecule has 1 aliphatic heterocycles. The van der Waals surface area contributed by atoms with Crippen molar-refractivity contribution in [3.8, 4) is 6.19 Å². The summed E-state index contributed by atoms with van der Waals surface area (Å²) in [5.41, 5.74) is 1.80. The van der Waals surface area contributed by atoms with E-state index in [1.165, 1.54) is 0 Å². The molecule has 1 aliphatic rings. The van der Waals surface area contributed by atoms with Gasteiger partial charge in [0.25, 0.3) is 11.8 Å². The number of nitrogens with zero attached hydrogens (tertiary/aromatic N) is 3. The lowest BCUT2D eigenvalue weighted by molar-refractivity contribution is -0.138. The Kier molecular flexibility index (Phi) is 9.70. The van der Waals surface area contributed by atoms with Crippen LogP contribution in [0.15, 0.2) is 45.8 Å². The van der Waals surface area contributed by atoms with Crippen molar-refractivity contribution >= 4 is 57.9 Å². The average molecular weight is 599 g/mol. The van der Waals surface area contributed by atoms with Crippen LogP contribution in [0.25, 0.3) is 11.0 Å². The van der Waals surface area contributed by atoms with Crippen molar-refractivity contribution in [1.29, 1.82) is 5.26 Å². The van der Waals surface area contributed by atoms with Crippen LogP contribution >= 0.6 is 23.2 Å². The molecule has 11 nitrogen and oxygen atoms in total. The number of benzene rings is 2. The highest BCUT2D eigenvalue weighted by molar-refractivity contribution is 6.40. The topological polar surface area (TPSA) is 160 Å². The number of likely N-dealkylation sites (tertiary alicyclic amines) is 1. The van der Waals surface area contributed by atoms with E-state index in [0.717, 1.165) is 18.2 Å². The Morgan fingerprint density at radius 2 is 1.90 bits per heavy atom. The summed E-state index contributed by atoms with van der Waals surface area (Å²) < 4.78 is 5.59. The Balaban J connectivity index is 1.45. The van der Waals surface area contributed by atoms with Gasteiger partial charge in [-0.25, -0.2) is 9.79 Å². The fraction of sp³-hybridized carbons (Fsp3) is 0.321. The Hall–Kier alpha value is -4.27. The molecule has 1 fully saturated rings. The lowest BCUT2D eigenvalue weighted by atomic mass is 10.0. The van der Waals surface area contributed by atoms with Crippen molar-refractivity contribution < 1.29 is 23.9 Å². The van der Waals surface area contributed by atoms with Gasteiger partial charge in [-0.05, 0) is 55.5 Å². The van der Waals surface area contributed by atoms with Gasteiger partial charge in [0.2, 0.25) is 5.96 Å². The lowest BCUT2D eigenvalue weighted by Gasteiger charge is -2.20. The van der Waals surface area contributed by atoms with Crippen LogP contribution < -0.4 is 16.0 Å². The number of furan rings is 1. The molecule has 1 atom stereocenters. The number of carboxylic acids is 1. The molecule has 2 amide bonds. The van der Waals surface area contributed by atoms with Crippen LogP contribution in [0.2, 0.25) is 10.0 Å². The molecule has 0 unspecified atom stereocenters. The molecule has 0 saturated carbocycles. The third-order valence-electron chi connectivity index (χ3n) is 6.68. The fourth-order valence-electron chi connectivity index (χ4n) is 4.57. The standard InChI is InChI=1S/C28H28Cl2N6O5/c1-16-12-19(29)23(26(38)35-20(27(39)40)14-33-28(34-15-31)36-10-4-5-11-36)24(30)18(16)8-9-32-25(37)22-13-17-6-2-3-7-21(17)41-22/h2-3,6-7,12-13,20H,4-5,8-11,14H2,1H3,(H,32,37)(H,33,34)(H,35,38)(H,39,40)/t20-/m0/s1. The zero-order valence-corrected chi connectivity index (χ0v) is 23.7. The zero-order chi connectivity index (χ0) is 29.5. The molecule has 4 rings (SSSR count). The predicted molar refractivity (Wildman–Crippen MR) is 154 cm³/mol. The largest absolute Gasteiger partial charge is 0.480 e. The second-order valence-corrected chi connectivity index (χ2v) is 10.2. The summed E-state index contributed by atoms with van der Waals surface area (Å²) in [4.78, 5) is 43.8. The summed E-state index contributed by atoms with van der Waals surface area (Å²) in [6.45, 7) is 3.02. The van der Waals surface area contributed by atoms with E-state index in [1.54, 1.807) is 31.3 Å². The van der Waals surface area contributed by atoms with Gasteiger partial charge < -0.3 is 25.1 Å². The molecule has 13 heteroatoms. The fourth-order valence-corrected chi connectivity index (χ4v) is 5.39. The smallest absolute Gasteiger partial charge is 0.328 e. The molecular weight excluding hydrogens is 571 g/mol. The molecule has 0 spiro atoms. The SMILES string of the molecule is Cc1cc(Cl)c(C(=O)N[C@@H](CN=C(NC#N)N2CCCC2)C(=O)O)c(Cl)c1CCNC(=O)c1cc2ccccc2o1. The maximum absolute atomic E-state index is 13.2. The van der Waals surface area contributed by atoms with Crippen LogP contribution in [0.4, 0.5) is 0 Å². The summed E-state index contributed by atoms with van der Waals surface area (Å²) in [5.74, 6) is -2.07. The number of rotatable bonds is 9. The summed E-state index contributed by atoms with van der Waals surface area (Å²) in [6.07, 6.45) is 3.95. The molecule has 2 aromatic carbocycles. The van der Waals surface area contributed by atoms with Gasteiger partial charge in [0.05, 0.1) is 22.2 Å². The number of carboxylic acid groups (broad SMARTS) is 1. The van der Waals surface area contributed by atoms with Crippen LogP contribution in [0.1, 0.15) is 44.9 Å². The van der Waals surface area contributed by atoms with Gasteiger partial charge >= 0.3 is 5.97 Å². The number of carbonyl (C=O) groups is 3. The summed E-state index contributed by atoms with van der Waals surface area (Å²) >= 11 is 13.0. The number of carbonyl (C=O) groups excluding carboxylic acids is 2. The minimum absolute atomic E-state index is 0.0524. The van der Waals surface area contributed by atoms with Crippen LogP contribution in [-0.4, -0.2) is 66.0 Å². The van der Waals surface area contributed by atoms with Gasteiger partial charge in [-0.3, -0.25) is 14.9 Å². The average Bonchev–Trinajstić information content (AvgIpc) is 3.62. The first-order valence-electron chi connectivity index (χ1n) is 12.9. The number of aliphatic carboxylic acids is 1. The molecule has 1 saturated heterocycles. The minimum Gasteiger partial charge on any atom is -0.480 e. The summed E-state index contributed by atoms with van der Waals surface area (Å²) in [5, 5.41) is 27.4. The van der Waals surface area contributed by atoms with Crippen LogP contribution in [-0.2, 0) is 11.2 Å². The van der Waals surface area contributed by atoms with E-state index in [2.05, 4.69) is 20.9 Å². The number of amides is 2. The van der Waals surface area contributed by atoms with Gasteiger partial charge in [-0.15, -0.1) is 0 Å². The molecule has 3 aromatic rings. The van der Waals surface area contributed by atoms with Crippen LogP contribution in [0.3, 0.4) is 0 Å². The van der Waals surface area contributed by atoms with Gasteiger partial charge in [0, 0.05) is 25.0 Å². The lowest BCUT2D eigenvalue weighted by Crippen LogP contribution is -2.45. The Labute approximate surface area is 246 Å². The van der Waals surface area contributed by atoms with Crippen LogP contribution in [0, 0.1) is 18.4 Å². The van der Waals surface area contributed by atoms with Crippen molar-refractivity contribution in [2.75, 3.05) is 26.2 Å². The zero-order valence-electron chi connectivity index (χ0n) is 22.2. The predicted octanol–water partition coefficient (Wildman–Crippen LogP) is 3.73. The second kappa shape index (κ2) is 13.4. The number of aryl methyl sites for hydroxylation is 1. The summed E-state index contributed by atoms with van der Waals surface area (Å²) in [6, 6.07) is 9.09. The molecule has 2 heterocycles. The number of hydrogen-bond acceptors (Lipinski definition) is 6. The number of guanidine groups is 1. The molecule has 0 radical (unpaired) electrons. The first-order valence-corrected chi connectivity index (χ1v) is 13.7. The van der Waals surface area contributed by atoms with E-state index in [9.17, 15) is 19.5 Å². The first kappa shape index (κ1) is 29.7. The van der Waals surface area contributed by atoms with Crippen molar-refractivity contribution in [2.45, 2.75) is 32.2 Å². The minimum atomic E-state index is -1.40. The molecule has 41 heavy (non-hydrogen) atoms. The van der Waals surface area contributed by atoms with E-state index in [0.29, 0.717) is 29.8 Å². The van der Waals surface area contributed by atoms with E-state index < -0.39 is 23.8 Å². The van der Waals surface area contributed by atoms with Crippen LogP contribution in [0.5, 0.6) is 0 Å². The maximum atomic E-state index is 13.2. The molecule has 4 N–H and O–H groups in total. The van der Waals surface area contributed by atoms with Crippen molar-refractivity contribution in [2.24, 2.45) is 4.99 Å². The van der Waals surface area contributed by atoms with E-state index in [1.807, 2.05) is 23.1 Å². The maximum Gasteiger partial charge on any atom is 0.328 e. The van der Waals surface area contributed by atoms with E-state index in [4.69, 9.17) is 32.9 Å². The van der Waals surface area contributed by atoms with Crippen molar-refractivity contribution in [3.63, 3.8) is 0 Å². The third-order valence-corrected chi connectivity index (χ3v) is 7.39. The Morgan fingerprint density at radius 1 is 1.17 bits per heavy atom. The number of nitriles is 1. The van der Waals surface area contributed by atoms with E-state index in [-0.39, 0.29) is 46.8 Å². The van der Waals surface area contributed by atoms with Gasteiger partial charge in [0.15, 0.2) is 12.0 Å². The molecular formula is C28H28Cl2N6O5. The molecule has 214 valence electrons. The monoisotopic (exact) mass is 598 g/mol. The highest BCUT2D eigenvalue weighted by Crippen LogP contribution is 2.31. The highest BCUT2D eigenvalue weighted by atomic mass is 35.5. The van der Waals surface area contributed by atoms with Crippen molar-refractivity contribution in [3.05, 3.63) is 68.9 Å². The number of hydrogen-bond donors (Lipinski definition) is 4. The van der Waals surface area contributed by atoms with Gasteiger partial charge in [-0.1, -0.05) is 41.4 Å². The normalized spacial score (nSPS) is 14.0. The third kappa shape index (κ3) is 7.09. The number of nitrogens with one attached hydrogen (secondary N) is 3. The molecule has 1 aromatic heterocycles. The quantitative estimate of drug-likeness (QED) is 0.125. The van der Waals surface area contributed by atoms with E-state index >= 15 is 0 Å². The van der Waals surface area contributed by atoms with Gasteiger partial charge in [0.1, 0.15) is 11.6 Å².